The number of rotatable bonds is 0. The summed E-state index contributed by atoms with van der Waals surface area (Å²) in [6.07, 6.45) is 21.2. The third kappa shape index (κ3) is 4.01. The Labute approximate surface area is 95.1 Å². The third-order valence-electron chi connectivity index (χ3n) is 4.27. The highest BCUT2D eigenvalue weighted by molar-refractivity contribution is 4.89. The molecule has 0 aliphatic heterocycles. The van der Waals surface area contributed by atoms with Crippen molar-refractivity contribution < 1.29 is 0 Å². The maximum absolute atomic E-state index is 2.53. The first kappa shape index (κ1) is 11.2. The Balaban J connectivity index is 1.99. The second-order valence-corrected chi connectivity index (χ2v) is 5.55. The maximum Gasteiger partial charge on any atom is -0.0234 e. The molecular formula is C15H26. The second-order valence-electron chi connectivity index (χ2n) is 5.55. The monoisotopic (exact) mass is 206 g/mol. The molecule has 0 N–H and O–H groups in total. The molecule has 0 atom stereocenters. The molecule has 0 heterocycles. The van der Waals surface area contributed by atoms with E-state index in [0.717, 1.165) is 11.8 Å². The van der Waals surface area contributed by atoms with Crippen LogP contribution in [0.15, 0.2) is 12.2 Å². The molecule has 1 fully saturated rings. The van der Waals surface area contributed by atoms with Crippen molar-refractivity contribution in [2.75, 3.05) is 0 Å². The van der Waals surface area contributed by atoms with Crippen LogP contribution in [0.3, 0.4) is 0 Å². The Morgan fingerprint density at radius 2 is 1.27 bits per heavy atom. The Hall–Kier alpha value is -0.260. The molecule has 0 unspecified atom stereocenters. The molecule has 2 bridgehead atoms. The van der Waals surface area contributed by atoms with Gasteiger partial charge in [-0.25, -0.2) is 0 Å². The van der Waals surface area contributed by atoms with Crippen molar-refractivity contribution in [3.8, 4) is 0 Å². The van der Waals surface area contributed by atoms with Crippen molar-refractivity contribution in [1.82, 2.24) is 0 Å². The van der Waals surface area contributed by atoms with E-state index in [1.165, 1.54) is 70.6 Å². The highest BCUT2D eigenvalue weighted by Gasteiger charge is 2.13. The molecule has 0 saturated heterocycles. The Morgan fingerprint density at radius 1 is 0.667 bits per heavy atom. The van der Waals surface area contributed by atoms with Gasteiger partial charge in [0.25, 0.3) is 0 Å². The van der Waals surface area contributed by atoms with Crippen molar-refractivity contribution >= 4 is 0 Å². The van der Waals surface area contributed by atoms with Gasteiger partial charge in [-0.2, -0.15) is 0 Å². The van der Waals surface area contributed by atoms with Crippen LogP contribution >= 0.6 is 0 Å². The molecule has 0 spiro atoms. The summed E-state index contributed by atoms with van der Waals surface area (Å²) in [5, 5.41) is 0. The first-order chi connectivity index (χ1) is 7.45. The average molecular weight is 206 g/mol. The molecule has 3 aliphatic rings. The van der Waals surface area contributed by atoms with Crippen molar-refractivity contribution in [3.05, 3.63) is 12.2 Å². The summed E-state index contributed by atoms with van der Waals surface area (Å²) >= 11 is 0. The van der Waals surface area contributed by atoms with Crippen LogP contribution < -0.4 is 0 Å². The van der Waals surface area contributed by atoms with Crippen LogP contribution in [0.25, 0.3) is 0 Å². The first-order valence-corrected chi connectivity index (χ1v) is 7.12. The Morgan fingerprint density at radius 3 is 2.00 bits per heavy atom. The molecule has 15 heavy (non-hydrogen) atoms. The van der Waals surface area contributed by atoms with Gasteiger partial charge >= 0.3 is 0 Å². The summed E-state index contributed by atoms with van der Waals surface area (Å²) in [5.74, 6) is 1.98. The van der Waals surface area contributed by atoms with Gasteiger partial charge in [0.1, 0.15) is 0 Å². The predicted octanol–water partition coefficient (Wildman–Crippen LogP) is 5.09. The normalized spacial score (nSPS) is 34.1. The first-order valence-electron chi connectivity index (χ1n) is 7.12. The number of fused-ring (bicyclic) bond motifs is 9. The zero-order chi connectivity index (χ0) is 10.3. The van der Waals surface area contributed by atoms with Crippen LogP contribution in [0.1, 0.15) is 70.6 Å². The van der Waals surface area contributed by atoms with Gasteiger partial charge < -0.3 is 0 Å². The van der Waals surface area contributed by atoms with E-state index >= 15 is 0 Å². The third-order valence-corrected chi connectivity index (χ3v) is 4.27. The largest absolute Gasteiger partial charge is 0.0883 e. The SMILES string of the molecule is C1=CC2CCCCC(CCC1)CCCC2. The standard InChI is InChI=1S/C15H26/c1-2-8-14-10-4-6-12-15(9-3-1)13-7-5-11-14/h2,8,14-15H,1,3-7,9-13H2. The molecule has 0 heteroatoms. The van der Waals surface area contributed by atoms with Gasteiger partial charge in [0.15, 0.2) is 0 Å². The molecule has 0 aromatic carbocycles. The Kier molecular flexibility index (Phi) is 4.76. The predicted molar refractivity (Wildman–Crippen MR) is 66.9 cm³/mol. The fourth-order valence-corrected chi connectivity index (χ4v) is 3.26. The minimum absolute atomic E-state index is 0.916. The van der Waals surface area contributed by atoms with E-state index in [1.54, 1.807) is 0 Å². The van der Waals surface area contributed by atoms with E-state index < -0.39 is 0 Å². The minimum atomic E-state index is 0.916. The van der Waals surface area contributed by atoms with E-state index in [-0.39, 0.29) is 0 Å². The molecular weight excluding hydrogens is 180 g/mol. The summed E-state index contributed by atoms with van der Waals surface area (Å²) in [7, 11) is 0. The number of hydrogen-bond acceptors (Lipinski definition) is 0. The van der Waals surface area contributed by atoms with Crippen LogP contribution in [-0.4, -0.2) is 0 Å². The van der Waals surface area contributed by atoms with Gasteiger partial charge in [-0.1, -0.05) is 57.1 Å². The van der Waals surface area contributed by atoms with Gasteiger partial charge in [0, 0.05) is 0 Å². The molecule has 0 amide bonds. The summed E-state index contributed by atoms with van der Waals surface area (Å²) in [6, 6.07) is 0. The summed E-state index contributed by atoms with van der Waals surface area (Å²) in [4.78, 5) is 0. The zero-order valence-corrected chi connectivity index (χ0v) is 10.1. The molecule has 1 saturated carbocycles. The van der Waals surface area contributed by atoms with Crippen LogP contribution in [0.5, 0.6) is 0 Å². The number of hydrogen-bond donors (Lipinski definition) is 0. The van der Waals surface area contributed by atoms with Gasteiger partial charge in [-0.3, -0.25) is 0 Å². The number of allylic oxidation sites excluding steroid dienone is 2. The highest BCUT2D eigenvalue weighted by Crippen LogP contribution is 2.29. The molecule has 0 aromatic heterocycles. The average Bonchev–Trinajstić information content (AvgIpc) is 2.34. The molecule has 0 radical (unpaired) electrons. The topological polar surface area (TPSA) is 0 Å². The molecule has 0 aromatic rings. The lowest BCUT2D eigenvalue weighted by atomic mass is 9.87. The van der Waals surface area contributed by atoms with Crippen LogP contribution in [0, 0.1) is 11.8 Å². The minimum Gasteiger partial charge on any atom is -0.0883 e. The lowest BCUT2D eigenvalue weighted by molar-refractivity contribution is 0.350. The van der Waals surface area contributed by atoms with Crippen molar-refractivity contribution in [1.29, 1.82) is 0 Å². The summed E-state index contributed by atoms with van der Waals surface area (Å²) < 4.78 is 0. The summed E-state index contributed by atoms with van der Waals surface area (Å²) in [5.41, 5.74) is 0. The van der Waals surface area contributed by atoms with Crippen molar-refractivity contribution in [2.45, 2.75) is 70.6 Å². The van der Waals surface area contributed by atoms with Gasteiger partial charge in [0.05, 0.1) is 0 Å². The van der Waals surface area contributed by atoms with Crippen LogP contribution in [-0.2, 0) is 0 Å². The zero-order valence-electron chi connectivity index (χ0n) is 10.1. The quantitative estimate of drug-likeness (QED) is 0.484. The van der Waals surface area contributed by atoms with Crippen LogP contribution in [0.4, 0.5) is 0 Å². The van der Waals surface area contributed by atoms with Crippen molar-refractivity contribution in [2.24, 2.45) is 11.8 Å². The van der Waals surface area contributed by atoms with E-state index in [2.05, 4.69) is 12.2 Å². The van der Waals surface area contributed by atoms with E-state index in [1.807, 2.05) is 0 Å². The lowest BCUT2D eigenvalue weighted by Gasteiger charge is -2.19. The lowest BCUT2D eigenvalue weighted by Crippen LogP contribution is -2.04. The molecule has 86 valence electrons. The molecule has 3 rings (SSSR count). The van der Waals surface area contributed by atoms with E-state index in [4.69, 9.17) is 0 Å². The van der Waals surface area contributed by atoms with Crippen LogP contribution in [0.2, 0.25) is 0 Å². The van der Waals surface area contributed by atoms with Crippen molar-refractivity contribution in [3.63, 3.8) is 0 Å². The molecule has 0 nitrogen and oxygen atoms in total. The van der Waals surface area contributed by atoms with Gasteiger partial charge in [-0.05, 0) is 37.5 Å². The van der Waals surface area contributed by atoms with Gasteiger partial charge in [0.2, 0.25) is 0 Å². The van der Waals surface area contributed by atoms with E-state index in [0.29, 0.717) is 0 Å². The maximum atomic E-state index is 2.53. The highest BCUT2D eigenvalue weighted by atomic mass is 14.2. The second kappa shape index (κ2) is 6.35. The Bertz CT molecular complexity index is 180. The fourth-order valence-electron chi connectivity index (χ4n) is 3.26. The smallest absolute Gasteiger partial charge is 0.0234 e. The fraction of sp³-hybridized carbons (Fsp3) is 0.867. The summed E-state index contributed by atoms with van der Waals surface area (Å²) in [6.45, 7) is 0. The van der Waals surface area contributed by atoms with Gasteiger partial charge in [-0.15, -0.1) is 0 Å². The molecule has 3 aliphatic carbocycles. The van der Waals surface area contributed by atoms with E-state index in [9.17, 15) is 0 Å².